The Morgan fingerprint density at radius 1 is 0.610 bits per heavy atom. The van der Waals surface area contributed by atoms with Crippen LogP contribution in [0.5, 0.6) is 11.5 Å². The number of halogens is 2. The number of amides is 6. The minimum Gasteiger partial charge on any atom is -0.495 e. The standard InChI is InChI=1S/C34H46N2O8S.C28H31N3O2.C26H32ClN3O2.C23H19ClN4O.2CH4/c1-6-43-26-8-9-28-27(22-26)34(13-11-25(12-14-34)44-20-17-35-15-18-42-19-16-35)32(38)36(28)45(39,40)31-10-7-24(21-30(31)41-5)29(37)23-33(2,3)4;1-20-10-5-6-11-23(20)27(32)29-22-17-15-21(16-18-22)28(33)30-19-9-14-26(31(2,3)4)24-12-7-8-13-25(24)30;1-18(2)28-25(31)16-19-8-7-15-30(24-10-4-3-9-21(19)24)26(32)22-12-11-20(17-23(22)27)29-13-5-6-14-29;1-16-10-12-28(25-16)18-8-9-20(21(24)13-18)23(29)27-15-19-6-4-11-26(19)14-17-5-2-3-7-22(17)27;;/h7-10,21-22,25H,6,11-20,23H2,1-5H3;5-8,10-13,15-18,26H,9,14,19H2,1-4H3;3-4,9-12,17-19H,5-8,13-16H2,1-2H3,(H,28,31);2-13H,14-15H2,1H3;2*1H4/p+1/t;;19-;;;/m..1.../s1. The van der Waals surface area contributed by atoms with Gasteiger partial charge in [-0.05, 0) is 266 Å². The fourth-order valence-electron chi connectivity index (χ4n) is 19.9. The van der Waals surface area contributed by atoms with Gasteiger partial charge in [0, 0.05) is 141 Å². The maximum Gasteiger partial charge on any atom is 0.274 e. The third-order valence-electron chi connectivity index (χ3n) is 27.0. The largest absolute Gasteiger partial charge is 0.495 e. The van der Waals surface area contributed by atoms with Gasteiger partial charge in [-0.2, -0.15) is 5.10 Å². The van der Waals surface area contributed by atoms with Gasteiger partial charge in [0.05, 0.1) is 117 Å². The second-order valence-corrected chi connectivity index (χ2v) is 41.9. The highest BCUT2D eigenvalue weighted by Gasteiger charge is 2.57. The van der Waals surface area contributed by atoms with E-state index in [1.54, 1.807) is 53.2 Å². The molecule has 2 atom stereocenters. The number of hydrogen-bond acceptors (Lipinski definition) is 16. The van der Waals surface area contributed by atoms with Crippen molar-refractivity contribution in [3.63, 3.8) is 0 Å². The van der Waals surface area contributed by atoms with E-state index in [-0.39, 0.29) is 84.3 Å². The van der Waals surface area contributed by atoms with E-state index in [1.807, 2.05) is 198 Å². The van der Waals surface area contributed by atoms with Crippen LogP contribution in [-0.2, 0) is 47.6 Å². The highest BCUT2D eigenvalue weighted by atomic mass is 35.5. The number of methoxy groups -OCH3 is 1. The number of Topliss-reactive ketones (excluding diaryl/α,β-unsaturated/α-hetero) is 1. The number of sulfonamides is 1. The summed E-state index contributed by atoms with van der Waals surface area (Å²) in [4.78, 5) is 103. The number of ketones is 1. The molecule has 6 amide bonds. The van der Waals surface area contributed by atoms with Crippen LogP contribution in [-0.4, -0.2) is 186 Å². The molecule has 7 aliphatic rings. The number of anilines is 6. The molecule has 2 aromatic heterocycles. The maximum absolute atomic E-state index is 14.4. The Hall–Kier alpha value is -12.3. The zero-order valence-corrected chi connectivity index (χ0v) is 84.1. The maximum atomic E-state index is 14.4. The van der Waals surface area contributed by atoms with Crippen molar-refractivity contribution in [2.45, 2.75) is 195 Å². The Balaban J connectivity index is 0.000000160. The van der Waals surface area contributed by atoms with Gasteiger partial charge in [0.15, 0.2) is 5.78 Å². The van der Waals surface area contributed by atoms with Crippen LogP contribution >= 0.6 is 23.2 Å². The summed E-state index contributed by atoms with van der Waals surface area (Å²) >= 11 is 13.2. The molecule has 2 N–H and O–H groups in total. The van der Waals surface area contributed by atoms with Crippen molar-refractivity contribution in [3.05, 3.63) is 302 Å². The molecular formula is C113H137Cl2N12O13S+. The highest BCUT2D eigenvalue weighted by Crippen LogP contribution is 2.54. The van der Waals surface area contributed by atoms with Crippen molar-refractivity contribution in [1.29, 1.82) is 0 Å². The SMILES string of the molecule is C.C.CC(C)NC(=O)C[C@H]1CCCN(C(=O)c2ccc(N3CCCC3)cc2Cl)c2ccccc21.CCOc1ccc2c(c1)C1(CCC(OCCN3CCOCC3)CC1)C(=O)N2S(=O)(=O)c1ccc(C(=O)CC(C)(C)C)cc1OC.Cc1ccccc1C(=O)Nc1ccc(C(=O)N2CCCC([N+](C)(C)C)c3ccccc32)cc1.Cc1ccn(-c2ccc(C(=O)N3Cc4cccn4Cc4ccccc43)c(Cl)c2)n1. The first kappa shape index (κ1) is 106. The van der Waals surface area contributed by atoms with Crippen LogP contribution in [0.15, 0.2) is 230 Å². The number of hydrogen-bond donors (Lipinski definition) is 2. The quantitative estimate of drug-likeness (QED) is 0.0472. The zero-order valence-electron chi connectivity index (χ0n) is 81.8. The van der Waals surface area contributed by atoms with Crippen molar-refractivity contribution in [2.75, 3.05) is 130 Å². The lowest BCUT2D eigenvalue weighted by molar-refractivity contribution is -0.902. The molecule has 8 heterocycles. The van der Waals surface area contributed by atoms with Gasteiger partial charge in [-0.15, -0.1) is 0 Å². The van der Waals surface area contributed by atoms with Crippen molar-refractivity contribution in [3.8, 4) is 17.2 Å². The van der Waals surface area contributed by atoms with Gasteiger partial charge in [-0.3, -0.25) is 38.5 Å². The summed E-state index contributed by atoms with van der Waals surface area (Å²) in [6.45, 7) is 25.3. The van der Waals surface area contributed by atoms with Crippen LogP contribution in [0, 0.1) is 19.3 Å². The molecule has 18 rings (SSSR count). The number of nitrogens with one attached hydrogen (secondary N) is 2. The lowest BCUT2D eigenvalue weighted by Gasteiger charge is -2.36. The first-order valence-electron chi connectivity index (χ1n) is 48.5. The van der Waals surface area contributed by atoms with E-state index in [0.29, 0.717) is 138 Å². The summed E-state index contributed by atoms with van der Waals surface area (Å²) in [6, 6.07) is 66.1. The molecule has 6 aliphatic heterocycles. The second kappa shape index (κ2) is 46.6. The summed E-state index contributed by atoms with van der Waals surface area (Å²) in [5.41, 5.74) is 14.1. The molecule has 1 aliphatic carbocycles. The normalized spacial score (nSPS) is 17.8. The van der Waals surface area contributed by atoms with Gasteiger partial charge in [0.25, 0.3) is 39.6 Å². The van der Waals surface area contributed by atoms with Gasteiger partial charge in [-0.1, -0.05) is 132 Å². The highest BCUT2D eigenvalue weighted by molar-refractivity contribution is 7.93. The third kappa shape index (κ3) is 24.7. The van der Waals surface area contributed by atoms with Crippen LogP contribution in [0.1, 0.15) is 236 Å². The number of ether oxygens (including phenoxy) is 4. The van der Waals surface area contributed by atoms with E-state index in [9.17, 15) is 42.0 Å². The molecule has 141 heavy (non-hydrogen) atoms. The number of morpholine rings is 1. The fourth-order valence-corrected chi connectivity index (χ4v) is 22.1. The van der Waals surface area contributed by atoms with Gasteiger partial charge in [0.2, 0.25) is 5.91 Å². The summed E-state index contributed by atoms with van der Waals surface area (Å²) < 4.78 is 57.4. The average molecular weight is 1970 g/mol. The zero-order chi connectivity index (χ0) is 98.6. The molecule has 9 aromatic carbocycles. The van der Waals surface area contributed by atoms with E-state index in [2.05, 4.69) is 81.6 Å². The van der Waals surface area contributed by atoms with E-state index in [0.717, 1.165) is 143 Å². The van der Waals surface area contributed by atoms with Gasteiger partial charge in [0.1, 0.15) is 22.4 Å². The van der Waals surface area contributed by atoms with Crippen molar-refractivity contribution >= 4 is 109 Å². The monoisotopic (exact) mass is 1970 g/mol. The number of quaternary nitrogens is 1. The summed E-state index contributed by atoms with van der Waals surface area (Å²) in [6.07, 6.45) is 12.9. The van der Waals surface area contributed by atoms with Crippen molar-refractivity contribution < 1.29 is 65.4 Å². The van der Waals surface area contributed by atoms with Crippen LogP contribution < -0.4 is 44.0 Å². The molecule has 28 heteroatoms. The van der Waals surface area contributed by atoms with Crippen molar-refractivity contribution in [1.82, 2.24) is 24.6 Å². The number of rotatable bonds is 22. The molecule has 1 unspecified atom stereocenters. The third-order valence-corrected chi connectivity index (χ3v) is 29.4. The number of carbonyl (C=O) groups is 7. The predicted octanol–water partition coefficient (Wildman–Crippen LogP) is 21.9. The lowest BCUT2D eigenvalue weighted by atomic mass is 9.69. The number of para-hydroxylation sites is 3. The van der Waals surface area contributed by atoms with E-state index >= 15 is 0 Å². The Morgan fingerprint density at radius 2 is 1.23 bits per heavy atom. The van der Waals surface area contributed by atoms with Gasteiger partial charge < -0.3 is 58.2 Å². The van der Waals surface area contributed by atoms with E-state index in [1.165, 1.54) is 43.7 Å². The molecule has 11 aromatic rings. The molecule has 0 bridgehead atoms. The number of nitrogens with zero attached hydrogens (tertiary/aromatic N) is 10. The van der Waals surface area contributed by atoms with Crippen LogP contribution in [0.25, 0.3) is 5.69 Å². The smallest absolute Gasteiger partial charge is 0.274 e. The summed E-state index contributed by atoms with van der Waals surface area (Å²) in [7, 11) is 3.59. The number of fused-ring (bicyclic) bond motifs is 6. The first-order chi connectivity index (χ1) is 66.7. The van der Waals surface area contributed by atoms with Crippen LogP contribution in [0.3, 0.4) is 0 Å². The number of aryl methyl sites for hydroxylation is 2. The average Bonchev–Trinajstić information content (AvgIpc) is 1.54. The Bertz CT molecular complexity index is 6400. The van der Waals surface area contributed by atoms with Gasteiger partial charge in [-0.25, -0.2) is 17.4 Å². The number of benzene rings is 9. The number of carbonyl (C=O) groups excluding carboxylic acids is 7. The molecule has 3 fully saturated rings. The minimum absolute atomic E-state index is 0. The van der Waals surface area contributed by atoms with E-state index < -0.39 is 21.3 Å². The Morgan fingerprint density at radius 3 is 1.87 bits per heavy atom. The molecule has 25 nitrogen and oxygen atoms in total. The molecule has 1 saturated carbocycles. The van der Waals surface area contributed by atoms with Crippen molar-refractivity contribution in [2.24, 2.45) is 5.41 Å². The van der Waals surface area contributed by atoms with Crippen LogP contribution in [0.2, 0.25) is 10.0 Å². The van der Waals surface area contributed by atoms with E-state index in [4.69, 9.17) is 42.1 Å². The molecular weight excluding hydrogens is 1840 g/mol. The molecule has 0 radical (unpaired) electrons. The molecule has 746 valence electrons. The Labute approximate surface area is 842 Å². The molecule has 1 spiro atoms. The second-order valence-electron chi connectivity index (χ2n) is 39.3. The topological polar surface area (TPSA) is 257 Å². The Kier molecular flexibility index (Phi) is 35.1. The van der Waals surface area contributed by atoms with Crippen LogP contribution in [0.4, 0.5) is 34.1 Å². The lowest BCUT2D eigenvalue weighted by Crippen LogP contribution is -2.46. The minimum atomic E-state index is -4.40. The first-order valence-corrected chi connectivity index (χ1v) is 50.7. The van der Waals surface area contributed by atoms with Gasteiger partial charge >= 0.3 is 0 Å². The predicted molar refractivity (Wildman–Crippen MR) is 563 cm³/mol. The fraction of sp³-hybridized carbons (Fsp3) is 0.398. The number of aromatic nitrogens is 3. The summed E-state index contributed by atoms with van der Waals surface area (Å²) in [5, 5.41) is 11.2. The summed E-state index contributed by atoms with van der Waals surface area (Å²) in [5.74, 6) is -0.189. The molecule has 2 saturated heterocycles.